The number of nitrogens with zero attached hydrogens (tertiary/aromatic N) is 1. The number of rotatable bonds is 4. The molecule has 0 spiro atoms. The van der Waals surface area contributed by atoms with E-state index in [0.29, 0.717) is 12.1 Å². The Morgan fingerprint density at radius 1 is 1.26 bits per heavy atom. The van der Waals surface area contributed by atoms with Gasteiger partial charge in [-0.3, -0.25) is 4.79 Å². The third-order valence-corrected chi connectivity index (χ3v) is 3.87. The second kappa shape index (κ2) is 5.83. The molecule has 1 aromatic carbocycles. The molecule has 4 nitrogen and oxygen atoms in total. The van der Waals surface area contributed by atoms with Crippen molar-refractivity contribution in [2.45, 2.75) is 18.7 Å². The standard InChI is InChI=1S/C11H12ClF2NO3S/c1-3-15(4-2)11(16)8-5-7(13)6-9(10(8)14)19(12,17)18/h5-6H,3-4H2,1-2H3. The summed E-state index contributed by atoms with van der Waals surface area (Å²) in [5, 5.41) is 0. The molecule has 0 unspecified atom stereocenters. The van der Waals surface area contributed by atoms with E-state index in [4.69, 9.17) is 10.7 Å². The van der Waals surface area contributed by atoms with Crippen LogP contribution in [0.4, 0.5) is 8.78 Å². The number of hydrogen-bond donors (Lipinski definition) is 0. The molecule has 0 aliphatic rings. The molecule has 19 heavy (non-hydrogen) atoms. The van der Waals surface area contributed by atoms with Crippen molar-refractivity contribution in [3.63, 3.8) is 0 Å². The zero-order valence-electron chi connectivity index (χ0n) is 10.3. The maximum Gasteiger partial charge on any atom is 0.264 e. The zero-order valence-corrected chi connectivity index (χ0v) is 11.9. The Balaban J connectivity index is 3.46. The van der Waals surface area contributed by atoms with Crippen LogP contribution in [0, 0.1) is 11.6 Å². The summed E-state index contributed by atoms with van der Waals surface area (Å²) in [5.74, 6) is -3.17. The van der Waals surface area contributed by atoms with Gasteiger partial charge in [0.2, 0.25) is 0 Å². The average molecular weight is 312 g/mol. The van der Waals surface area contributed by atoms with Gasteiger partial charge in [0.05, 0.1) is 5.56 Å². The van der Waals surface area contributed by atoms with Crippen LogP contribution in [0.5, 0.6) is 0 Å². The van der Waals surface area contributed by atoms with Gasteiger partial charge in [0.15, 0.2) is 5.82 Å². The summed E-state index contributed by atoms with van der Waals surface area (Å²) in [6, 6.07) is 1.10. The first-order chi connectivity index (χ1) is 8.72. The van der Waals surface area contributed by atoms with Crippen LogP contribution < -0.4 is 0 Å². The van der Waals surface area contributed by atoms with Gasteiger partial charge in [0.1, 0.15) is 10.7 Å². The summed E-state index contributed by atoms with van der Waals surface area (Å²) in [7, 11) is 0.536. The van der Waals surface area contributed by atoms with Crippen molar-refractivity contribution >= 4 is 25.6 Å². The van der Waals surface area contributed by atoms with Gasteiger partial charge in [-0.15, -0.1) is 0 Å². The highest BCUT2D eigenvalue weighted by Crippen LogP contribution is 2.24. The summed E-state index contributed by atoms with van der Waals surface area (Å²) in [6.07, 6.45) is 0. The Hall–Kier alpha value is -1.21. The summed E-state index contributed by atoms with van der Waals surface area (Å²) in [4.78, 5) is 12.1. The lowest BCUT2D eigenvalue weighted by Crippen LogP contribution is -2.31. The van der Waals surface area contributed by atoms with Gasteiger partial charge >= 0.3 is 0 Å². The average Bonchev–Trinajstić information content (AvgIpc) is 2.31. The van der Waals surface area contributed by atoms with Crippen LogP contribution in [-0.4, -0.2) is 32.3 Å². The summed E-state index contributed by atoms with van der Waals surface area (Å²) >= 11 is 0. The van der Waals surface area contributed by atoms with E-state index in [9.17, 15) is 22.0 Å². The first kappa shape index (κ1) is 15.8. The van der Waals surface area contributed by atoms with E-state index in [1.54, 1.807) is 13.8 Å². The molecule has 106 valence electrons. The molecule has 1 rings (SSSR count). The molecule has 0 radical (unpaired) electrons. The van der Waals surface area contributed by atoms with E-state index in [2.05, 4.69) is 0 Å². The number of carbonyl (C=O) groups excluding carboxylic acids is 1. The lowest BCUT2D eigenvalue weighted by Gasteiger charge is -2.19. The van der Waals surface area contributed by atoms with Gasteiger partial charge in [0.25, 0.3) is 15.0 Å². The molecule has 1 aromatic rings. The molecular weight excluding hydrogens is 300 g/mol. The monoisotopic (exact) mass is 311 g/mol. The largest absolute Gasteiger partial charge is 0.339 e. The van der Waals surface area contributed by atoms with Crippen molar-refractivity contribution < 1.29 is 22.0 Å². The van der Waals surface area contributed by atoms with Crippen LogP contribution in [0.15, 0.2) is 17.0 Å². The van der Waals surface area contributed by atoms with Crippen molar-refractivity contribution in [2.75, 3.05) is 13.1 Å². The van der Waals surface area contributed by atoms with Gasteiger partial charge in [-0.25, -0.2) is 17.2 Å². The molecule has 0 bridgehead atoms. The fraction of sp³-hybridized carbons (Fsp3) is 0.364. The number of amides is 1. The Labute approximate surface area is 114 Å². The highest BCUT2D eigenvalue weighted by atomic mass is 35.7. The molecule has 0 aliphatic carbocycles. The first-order valence-corrected chi connectivity index (χ1v) is 7.76. The second-order valence-electron chi connectivity index (χ2n) is 3.68. The molecular formula is C11H12ClF2NO3S. The quantitative estimate of drug-likeness (QED) is 0.802. The van der Waals surface area contributed by atoms with Crippen molar-refractivity contribution in [1.82, 2.24) is 4.90 Å². The van der Waals surface area contributed by atoms with Crippen molar-refractivity contribution in [1.29, 1.82) is 0 Å². The first-order valence-electron chi connectivity index (χ1n) is 5.45. The minimum Gasteiger partial charge on any atom is -0.339 e. The molecule has 0 aromatic heterocycles. The Morgan fingerprint density at radius 3 is 2.21 bits per heavy atom. The van der Waals surface area contributed by atoms with Crippen LogP contribution in [0.3, 0.4) is 0 Å². The molecule has 0 saturated heterocycles. The maximum atomic E-state index is 14.0. The Bertz CT molecular complexity index is 600. The Kier molecular flexibility index (Phi) is 4.86. The number of carbonyl (C=O) groups is 1. The predicted octanol–water partition coefficient (Wildman–Crippen LogP) is 2.37. The van der Waals surface area contributed by atoms with E-state index in [1.165, 1.54) is 4.90 Å². The van der Waals surface area contributed by atoms with Crippen LogP contribution >= 0.6 is 10.7 Å². The van der Waals surface area contributed by atoms with E-state index in [1.807, 2.05) is 0 Å². The van der Waals surface area contributed by atoms with Gasteiger partial charge < -0.3 is 4.90 Å². The second-order valence-corrected chi connectivity index (χ2v) is 6.22. The number of halogens is 3. The third kappa shape index (κ3) is 3.42. The van der Waals surface area contributed by atoms with Gasteiger partial charge in [-0.1, -0.05) is 0 Å². The Morgan fingerprint density at radius 2 is 1.79 bits per heavy atom. The maximum absolute atomic E-state index is 14.0. The van der Waals surface area contributed by atoms with Crippen LogP contribution in [0.25, 0.3) is 0 Å². The van der Waals surface area contributed by atoms with E-state index < -0.39 is 37.1 Å². The lowest BCUT2D eigenvalue weighted by atomic mass is 10.1. The molecule has 0 N–H and O–H groups in total. The van der Waals surface area contributed by atoms with Gasteiger partial charge in [0, 0.05) is 23.8 Å². The number of hydrogen-bond acceptors (Lipinski definition) is 3. The van der Waals surface area contributed by atoms with Crippen molar-refractivity contribution in [3.05, 3.63) is 29.3 Å². The smallest absolute Gasteiger partial charge is 0.264 e. The third-order valence-electron chi connectivity index (χ3n) is 2.55. The highest BCUT2D eigenvalue weighted by Gasteiger charge is 2.26. The van der Waals surface area contributed by atoms with Crippen LogP contribution in [-0.2, 0) is 9.05 Å². The summed E-state index contributed by atoms with van der Waals surface area (Å²) < 4.78 is 49.5. The number of benzene rings is 1. The fourth-order valence-corrected chi connectivity index (χ4v) is 2.49. The van der Waals surface area contributed by atoms with E-state index in [-0.39, 0.29) is 13.1 Å². The zero-order chi connectivity index (χ0) is 14.8. The lowest BCUT2D eigenvalue weighted by molar-refractivity contribution is 0.0767. The topological polar surface area (TPSA) is 54.5 Å². The highest BCUT2D eigenvalue weighted by molar-refractivity contribution is 8.13. The summed E-state index contributed by atoms with van der Waals surface area (Å²) in [6.45, 7) is 3.90. The molecule has 1 amide bonds. The molecule has 0 fully saturated rings. The van der Waals surface area contributed by atoms with Gasteiger partial charge in [-0.05, 0) is 26.0 Å². The van der Waals surface area contributed by atoms with E-state index >= 15 is 0 Å². The van der Waals surface area contributed by atoms with Crippen LogP contribution in [0.2, 0.25) is 0 Å². The normalized spacial score (nSPS) is 11.4. The molecule has 8 heteroatoms. The molecule has 0 saturated carbocycles. The van der Waals surface area contributed by atoms with Crippen LogP contribution in [0.1, 0.15) is 24.2 Å². The van der Waals surface area contributed by atoms with Crippen molar-refractivity contribution in [2.24, 2.45) is 0 Å². The molecule has 0 heterocycles. The molecule has 0 atom stereocenters. The van der Waals surface area contributed by atoms with E-state index in [0.717, 1.165) is 0 Å². The summed E-state index contributed by atoms with van der Waals surface area (Å²) in [5.41, 5.74) is -0.650. The molecule has 0 aliphatic heterocycles. The SMILES string of the molecule is CCN(CC)C(=O)c1cc(F)cc(S(=O)(=O)Cl)c1F. The predicted molar refractivity (Wildman–Crippen MR) is 66.6 cm³/mol. The minimum atomic E-state index is -4.46. The van der Waals surface area contributed by atoms with Gasteiger partial charge in [-0.2, -0.15) is 0 Å². The fourth-order valence-electron chi connectivity index (χ4n) is 1.58. The minimum absolute atomic E-state index is 0.286. The van der Waals surface area contributed by atoms with Crippen molar-refractivity contribution in [3.8, 4) is 0 Å².